The third-order valence-electron chi connectivity index (χ3n) is 4.96. The number of carbonyl (C=O) groups excluding carboxylic acids is 2. The molecule has 1 saturated carbocycles. The minimum absolute atomic E-state index is 0.0403. The fourth-order valence-electron chi connectivity index (χ4n) is 3.44. The molecular formula is C23H26N2O4. The van der Waals surface area contributed by atoms with E-state index in [0.717, 1.165) is 36.1 Å². The highest BCUT2D eigenvalue weighted by Gasteiger charge is 2.32. The standard InChI is InChI=1S/C23H26N2O4/c1-23(2)13-16-4-3-5-19(22(16)29-23)28-14-21(27)25-17-8-6-15(7-9-17)12-20(26)24-18-10-11-18/h3-9,18H,10-14H2,1-2H3,(H,24,26)(H,25,27). The van der Waals surface area contributed by atoms with Gasteiger partial charge < -0.3 is 20.1 Å². The van der Waals surface area contributed by atoms with Crippen molar-refractivity contribution in [2.45, 2.75) is 51.2 Å². The van der Waals surface area contributed by atoms with Crippen LogP contribution in [0.15, 0.2) is 42.5 Å². The number of fused-ring (bicyclic) bond motifs is 1. The van der Waals surface area contributed by atoms with Crippen LogP contribution < -0.4 is 20.1 Å². The maximum atomic E-state index is 12.3. The molecule has 1 heterocycles. The Morgan fingerprint density at radius 2 is 1.86 bits per heavy atom. The van der Waals surface area contributed by atoms with Crippen molar-refractivity contribution < 1.29 is 19.1 Å². The van der Waals surface area contributed by atoms with E-state index in [1.165, 1.54) is 0 Å². The van der Waals surface area contributed by atoms with Gasteiger partial charge in [0.1, 0.15) is 5.60 Å². The van der Waals surface area contributed by atoms with Gasteiger partial charge in [-0.25, -0.2) is 0 Å². The molecule has 0 unspecified atom stereocenters. The normalized spacial score (nSPS) is 16.5. The van der Waals surface area contributed by atoms with Crippen molar-refractivity contribution in [2.75, 3.05) is 11.9 Å². The van der Waals surface area contributed by atoms with Crippen LogP contribution in [-0.4, -0.2) is 30.1 Å². The molecule has 0 saturated heterocycles. The molecule has 6 heteroatoms. The van der Waals surface area contributed by atoms with E-state index in [-0.39, 0.29) is 24.0 Å². The Morgan fingerprint density at radius 1 is 1.10 bits per heavy atom. The number of benzene rings is 2. The Balaban J connectivity index is 1.28. The van der Waals surface area contributed by atoms with E-state index in [4.69, 9.17) is 9.47 Å². The van der Waals surface area contributed by atoms with Crippen LogP contribution in [0.5, 0.6) is 11.5 Å². The van der Waals surface area contributed by atoms with Crippen molar-refractivity contribution >= 4 is 17.5 Å². The van der Waals surface area contributed by atoms with Gasteiger partial charge in [-0.1, -0.05) is 24.3 Å². The minimum atomic E-state index is -0.263. The first-order valence-corrected chi connectivity index (χ1v) is 10.00. The molecule has 4 rings (SSSR count). The molecule has 2 aromatic carbocycles. The minimum Gasteiger partial charge on any atom is -0.483 e. The van der Waals surface area contributed by atoms with Crippen molar-refractivity contribution in [3.8, 4) is 11.5 Å². The highest BCUT2D eigenvalue weighted by molar-refractivity contribution is 5.92. The summed E-state index contributed by atoms with van der Waals surface area (Å²) in [5.74, 6) is 1.09. The molecule has 29 heavy (non-hydrogen) atoms. The molecule has 0 atom stereocenters. The number of para-hydroxylation sites is 1. The molecule has 0 spiro atoms. The Hall–Kier alpha value is -3.02. The molecule has 6 nitrogen and oxygen atoms in total. The van der Waals surface area contributed by atoms with E-state index in [9.17, 15) is 9.59 Å². The van der Waals surface area contributed by atoms with Gasteiger partial charge >= 0.3 is 0 Å². The monoisotopic (exact) mass is 394 g/mol. The number of ether oxygens (including phenoxy) is 2. The van der Waals surface area contributed by atoms with Crippen LogP contribution >= 0.6 is 0 Å². The summed E-state index contributed by atoms with van der Waals surface area (Å²) in [4.78, 5) is 24.1. The summed E-state index contributed by atoms with van der Waals surface area (Å²) in [6.45, 7) is 3.96. The van der Waals surface area contributed by atoms with E-state index in [1.807, 2.05) is 44.2 Å². The molecule has 2 N–H and O–H groups in total. The van der Waals surface area contributed by atoms with Gasteiger partial charge in [-0.3, -0.25) is 9.59 Å². The van der Waals surface area contributed by atoms with E-state index in [2.05, 4.69) is 10.6 Å². The average molecular weight is 394 g/mol. The lowest BCUT2D eigenvalue weighted by Crippen LogP contribution is -2.26. The van der Waals surface area contributed by atoms with Crippen molar-refractivity contribution in [1.29, 1.82) is 0 Å². The van der Waals surface area contributed by atoms with Crippen LogP contribution in [0, 0.1) is 0 Å². The first kappa shape index (κ1) is 19.3. The van der Waals surface area contributed by atoms with Crippen LogP contribution in [0.2, 0.25) is 0 Å². The summed E-state index contributed by atoms with van der Waals surface area (Å²) < 4.78 is 11.7. The Bertz CT molecular complexity index is 917. The van der Waals surface area contributed by atoms with Crippen LogP contribution in [0.1, 0.15) is 37.8 Å². The molecule has 1 fully saturated rings. The average Bonchev–Trinajstić information content (AvgIpc) is 3.40. The topological polar surface area (TPSA) is 76.7 Å². The second kappa shape index (κ2) is 7.78. The van der Waals surface area contributed by atoms with Gasteiger partial charge in [-0.05, 0) is 50.5 Å². The van der Waals surface area contributed by atoms with E-state index < -0.39 is 0 Å². The molecule has 1 aliphatic carbocycles. The number of nitrogens with one attached hydrogen (secondary N) is 2. The highest BCUT2D eigenvalue weighted by atomic mass is 16.5. The second-order valence-electron chi connectivity index (χ2n) is 8.34. The predicted molar refractivity (Wildman–Crippen MR) is 110 cm³/mol. The number of carbonyl (C=O) groups is 2. The molecule has 0 aromatic heterocycles. The van der Waals surface area contributed by atoms with E-state index in [1.54, 1.807) is 12.1 Å². The number of rotatable bonds is 7. The largest absolute Gasteiger partial charge is 0.483 e. The predicted octanol–water partition coefficient (Wildman–Crippen LogP) is 3.24. The third-order valence-corrected chi connectivity index (χ3v) is 4.96. The quantitative estimate of drug-likeness (QED) is 0.756. The first-order valence-electron chi connectivity index (χ1n) is 10.00. The van der Waals surface area contributed by atoms with E-state index in [0.29, 0.717) is 23.9 Å². The van der Waals surface area contributed by atoms with Crippen LogP contribution in [0.3, 0.4) is 0 Å². The zero-order valence-corrected chi connectivity index (χ0v) is 16.8. The SMILES string of the molecule is CC1(C)Cc2cccc(OCC(=O)Nc3ccc(CC(=O)NC4CC4)cc3)c2O1. The third kappa shape index (κ3) is 5.08. The lowest BCUT2D eigenvalue weighted by atomic mass is 10.0. The molecule has 152 valence electrons. The Labute approximate surface area is 170 Å². The molecule has 2 amide bonds. The maximum absolute atomic E-state index is 12.3. The fraction of sp³-hybridized carbons (Fsp3) is 0.391. The fourth-order valence-corrected chi connectivity index (χ4v) is 3.44. The molecular weight excluding hydrogens is 368 g/mol. The second-order valence-corrected chi connectivity index (χ2v) is 8.34. The molecule has 2 aliphatic rings. The number of anilines is 1. The number of hydrogen-bond acceptors (Lipinski definition) is 4. The Morgan fingerprint density at radius 3 is 2.59 bits per heavy atom. The molecule has 0 bridgehead atoms. The van der Waals surface area contributed by atoms with Gasteiger partial charge in [0.05, 0.1) is 6.42 Å². The van der Waals surface area contributed by atoms with Crippen LogP contribution in [0.25, 0.3) is 0 Å². The number of amides is 2. The highest BCUT2D eigenvalue weighted by Crippen LogP contribution is 2.41. The summed E-state index contributed by atoms with van der Waals surface area (Å²) >= 11 is 0. The van der Waals surface area contributed by atoms with Gasteiger partial charge in [0.2, 0.25) is 5.91 Å². The van der Waals surface area contributed by atoms with Crippen molar-refractivity contribution in [2.24, 2.45) is 0 Å². The summed E-state index contributed by atoms with van der Waals surface area (Å²) in [6, 6.07) is 13.4. The smallest absolute Gasteiger partial charge is 0.262 e. The summed E-state index contributed by atoms with van der Waals surface area (Å²) in [7, 11) is 0. The lowest BCUT2D eigenvalue weighted by molar-refractivity contribution is -0.120. The zero-order valence-electron chi connectivity index (χ0n) is 16.8. The molecule has 1 aliphatic heterocycles. The van der Waals surface area contributed by atoms with Gasteiger partial charge in [-0.2, -0.15) is 0 Å². The Kier molecular flexibility index (Phi) is 5.18. The van der Waals surface area contributed by atoms with Gasteiger partial charge in [0.25, 0.3) is 5.91 Å². The maximum Gasteiger partial charge on any atom is 0.262 e. The van der Waals surface area contributed by atoms with Gasteiger partial charge in [0.15, 0.2) is 18.1 Å². The molecule has 0 radical (unpaired) electrons. The van der Waals surface area contributed by atoms with Gasteiger partial charge in [-0.15, -0.1) is 0 Å². The lowest BCUT2D eigenvalue weighted by Gasteiger charge is -2.18. The summed E-state index contributed by atoms with van der Waals surface area (Å²) in [5, 5.41) is 5.78. The van der Waals surface area contributed by atoms with Crippen molar-refractivity contribution in [1.82, 2.24) is 5.32 Å². The van der Waals surface area contributed by atoms with Crippen LogP contribution in [-0.2, 0) is 22.4 Å². The van der Waals surface area contributed by atoms with Crippen molar-refractivity contribution in [3.63, 3.8) is 0 Å². The summed E-state index contributed by atoms with van der Waals surface area (Å²) in [5.41, 5.74) is 2.41. The van der Waals surface area contributed by atoms with Gasteiger partial charge in [0, 0.05) is 23.7 Å². The zero-order chi connectivity index (χ0) is 20.4. The van der Waals surface area contributed by atoms with E-state index >= 15 is 0 Å². The van der Waals surface area contributed by atoms with Crippen LogP contribution in [0.4, 0.5) is 5.69 Å². The molecule has 2 aromatic rings. The first-order chi connectivity index (χ1) is 13.9. The summed E-state index contributed by atoms with van der Waals surface area (Å²) in [6.07, 6.45) is 3.32. The van der Waals surface area contributed by atoms with Crippen molar-refractivity contribution in [3.05, 3.63) is 53.6 Å². The number of hydrogen-bond donors (Lipinski definition) is 2.